The van der Waals surface area contributed by atoms with Crippen LogP contribution >= 0.6 is 0 Å². The number of carbonyl (C=O) groups excluding carboxylic acids is 3. The summed E-state index contributed by atoms with van der Waals surface area (Å²) in [7, 11) is 0. The molecule has 1 aliphatic rings. The van der Waals surface area contributed by atoms with Crippen molar-refractivity contribution in [2.75, 3.05) is 12.0 Å². The van der Waals surface area contributed by atoms with Gasteiger partial charge in [0.1, 0.15) is 5.56 Å². The number of imide groups is 1. The molecule has 1 aliphatic heterocycles. The van der Waals surface area contributed by atoms with Crippen molar-refractivity contribution in [2.24, 2.45) is 0 Å². The Morgan fingerprint density at radius 2 is 1.84 bits per heavy atom. The summed E-state index contributed by atoms with van der Waals surface area (Å²) in [5.41, 5.74) is -0.430. The molecule has 2 aromatic carbocycles. The van der Waals surface area contributed by atoms with E-state index < -0.39 is 28.4 Å². The normalized spacial score (nSPS) is 12.9. The molecule has 2 aromatic rings. The van der Waals surface area contributed by atoms with Crippen LogP contribution in [0.2, 0.25) is 0 Å². The highest BCUT2D eigenvalue weighted by molar-refractivity contribution is 6.23. The van der Waals surface area contributed by atoms with Crippen LogP contribution in [0.4, 0.5) is 11.4 Å². The van der Waals surface area contributed by atoms with E-state index in [9.17, 15) is 29.6 Å². The summed E-state index contributed by atoms with van der Waals surface area (Å²) < 4.78 is 0. The lowest BCUT2D eigenvalue weighted by Gasteiger charge is -2.16. The summed E-state index contributed by atoms with van der Waals surface area (Å²) in [4.78, 5) is 46.7. The Hall–Kier alpha value is -3.75. The molecule has 3 rings (SSSR count). The van der Waals surface area contributed by atoms with E-state index in [0.717, 1.165) is 11.0 Å². The van der Waals surface area contributed by atoms with Gasteiger partial charge in [0, 0.05) is 11.8 Å². The smallest absolute Gasteiger partial charge is 0.282 e. The van der Waals surface area contributed by atoms with E-state index in [1.54, 1.807) is 6.07 Å². The number of carboxylic acid groups (broad SMARTS) is 1. The van der Waals surface area contributed by atoms with Crippen LogP contribution in [0.15, 0.2) is 42.5 Å². The second-order valence-corrected chi connectivity index (χ2v) is 5.20. The van der Waals surface area contributed by atoms with Crippen LogP contribution in [0, 0.1) is 10.1 Å². The van der Waals surface area contributed by atoms with E-state index in [2.05, 4.69) is 5.32 Å². The van der Waals surface area contributed by atoms with Crippen LogP contribution in [0.5, 0.6) is 0 Å². The van der Waals surface area contributed by atoms with E-state index in [0.29, 0.717) is 5.69 Å². The molecule has 0 saturated carbocycles. The number of amides is 2. The summed E-state index contributed by atoms with van der Waals surface area (Å²) in [5, 5.41) is 24.6. The van der Waals surface area contributed by atoms with Crippen LogP contribution in [0.3, 0.4) is 0 Å². The lowest BCUT2D eigenvalue weighted by atomic mass is 10.1. The molecule has 0 aromatic heterocycles. The third kappa shape index (κ3) is 2.78. The lowest BCUT2D eigenvalue weighted by molar-refractivity contribution is -0.385. The zero-order valence-corrected chi connectivity index (χ0v) is 12.6. The minimum atomic E-state index is -1.36. The molecule has 1 N–H and O–H groups in total. The van der Waals surface area contributed by atoms with Crippen LogP contribution in [-0.2, 0) is 0 Å². The summed E-state index contributed by atoms with van der Waals surface area (Å²) >= 11 is 0. The summed E-state index contributed by atoms with van der Waals surface area (Å²) in [6.07, 6.45) is 0. The third-order valence-electron chi connectivity index (χ3n) is 3.71. The monoisotopic (exact) mass is 340 g/mol. The van der Waals surface area contributed by atoms with E-state index in [-0.39, 0.29) is 23.4 Å². The number of benzene rings is 2. The quantitative estimate of drug-likeness (QED) is 0.479. The van der Waals surface area contributed by atoms with Gasteiger partial charge in [-0.2, -0.15) is 0 Å². The van der Waals surface area contributed by atoms with E-state index >= 15 is 0 Å². The summed E-state index contributed by atoms with van der Waals surface area (Å²) in [6, 6.07) is 9.49. The number of rotatable bonds is 5. The Balaban J connectivity index is 1.83. The van der Waals surface area contributed by atoms with Gasteiger partial charge in [-0.25, -0.2) is 0 Å². The molecule has 9 heteroatoms. The number of aromatic carboxylic acids is 1. The molecule has 0 aliphatic carbocycles. The number of nitrogens with one attached hydrogen (secondary N) is 1. The minimum absolute atomic E-state index is 0.0375. The largest absolute Gasteiger partial charge is 0.545 e. The van der Waals surface area contributed by atoms with Gasteiger partial charge in [0.05, 0.1) is 23.1 Å². The molecule has 9 nitrogen and oxygen atoms in total. The summed E-state index contributed by atoms with van der Waals surface area (Å²) in [5.74, 6) is -2.80. The van der Waals surface area contributed by atoms with Crippen molar-refractivity contribution in [3.05, 3.63) is 69.3 Å². The van der Waals surface area contributed by atoms with Gasteiger partial charge in [-0.05, 0) is 23.8 Å². The standard InChI is InChI=1S/C16H11N3O6/c20-14-11-5-2-6-12(19(24)25)13(11)15(21)18(14)8-17-10-4-1-3-9(7-10)16(22)23/h1-7,17H,8H2,(H,22,23)/p-1. The molecule has 1 heterocycles. The Labute approximate surface area is 140 Å². The first-order valence-electron chi connectivity index (χ1n) is 7.09. The molecule has 0 fully saturated rings. The molecule has 0 unspecified atom stereocenters. The number of carboxylic acids is 1. The maximum absolute atomic E-state index is 12.4. The Bertz CT molecular complexity index is 924. The first kappa shape index (κ1) is 16.1. The SMILES string of the molecule is O=C([O-])c1cccc(NCN2C(=O)c3cccc([N+](=O)[O-])c3C2=O)c1. The number of carbonyl (C=O) groups is 3. The molecular formula is C16H10N3O6-. The van der Waals surface area contributed by atoms with Gasteiger partial charge in [0.2, 0.25) is 0 Å². The zero-order chi connectivity index (χ0) is 18.1. The lowest BCUT2D eigenvalue weighted by Crippen LogP contribution is -2.34. The Morgan fingerprint density at radius 3 is 2.52 bits per heavy atom. The highest BCUT2D eigenvalue weighted by atomic mass is 16.6. The minimum Gasteiger partial charge on any atom is -0.545 e. The molecule has 25 heavy (non-hydrogen) atoms. The van der Waals surface area contributed by atoms with E-state index in [1.165, 1.54) is 30.3 Å². The van der Waals surface area contributed by atoms with Crippen molar-refractivity contribution in [2.45, 2.75) is 0 Å². The van der Waals surface area contributed by atoms with Crippen LogP contribution in [0.25, 0.3) is 0 Å². The van der Waals surface area contributed by atoms with Crippen LogP contribution in [0.1, 0.15) is 31.1 Å². The topological polar surface area (TPSA) is 133 Å². The number of fused-ring (bicyclic) bond motifs is 1. The first-order chi connectivity index (χ1) is 11.9. The number of nitro groups is 1. The maximum Gasteiger partial charge on any atom is 0.282 e. The number of hydrogen-bond acceptors (Lipinski definition) is 7. The summed E-state index contributed by atoms with van der Waals surface area (Å²) in [6.45, 7) is -0.264. The maximum atomic E-state index is 12.4. The zero-order valence-electron chi connectivity index (χ0n) is 12.6. The van der Waals surface area contributed by atoms with Crippen molar-refractivity contribution in [3.63, 3.8) is 0 Å². The molecule has 0 atom stereocenters. The predicted octanol–water partition coefficient (Wildman–Crippen LogP) is 0.624. The predicted molar refractivity (Wildman–Crippen MR) is 82.9 cm³/mol. The van der Waals surface area contributed by atoms with Crippen molar-refractivity contribution >= 4 is 29.2 Å². The second-order valence-electron chi connectivity index (χ2n) is 5.20. The van der Waals surface area contributed by atoms with Crippen molar-refractivity contribution in [1.29, 1.82) is 0 Å². The Kier molecular flexibility index (Phi) is 3.89. The van der Waals surface area contributed by atoms with E-state index in [1.807, 2.05) is 0 Å². The highest BCUT2D eigenvalue weighted by Crippen LogP contribution is 2.30. The average molecular weight is 340 g/mol. The first-order valence-corrected chi connectivity index (χ1v) is 7.09. The number of hydrogen-bond donors (Lipinski definition) is 1. The van der Waals surface area contributed by atoms with Gasteiger partial charge in [0.15, 0.2) is 0 Å². The molecule has 126 valence electrons. The van der Waals surface area contributed by atoms with Gasteiger partial charge in [0.25, 0.3) is 17.5 Å². The van der Waals surface area contributed by atoms with Crippen molar-refractivity contribution in [1.82, 2.24) is 4.90 Å². The second kappa shape index (κ2) is 6.04. The van der Waals surface area contributed by atoms with Gasteiger partial charge in [-0.1, -0.05) is 18.2 Å². The molecule has 0 spiro atoms. The molecule has 0 bridgehead atoms. The van der Waals surface area contributed by atoms with Gasteiger partial charge in [-0.15, -0.1) is 0 Å². The van der Waals surface area contributed by atoms with Crippen molar-refractivity contribution < 1.29 is 24.4 Å². The van der Waals surface area contributed by atoms with Crippen molar-refractivity contribution in [3.8, 4) is 0 Å². The van der Waals surface area contributed by atoms with Crippen LogP contribution < -0.4 is 10.4 Å². The molecule has 0 radical (unpaired) electrons. The number of nitrogens with zero attached hydrogens (tertiary/aromatic N) is 2. The fourth-order valence-corrected chi connectivity index (χ4v) is 2.54. The fraction of sp³-hybridized carbons (Fsp3) is 0.0625. The Morgan fingerprint density at radius 1 is 1.12 bits per heavy atom. The third-order valence-corrected chi connectivity index (χ3v) is 3.71. The van der Waals surface area contributed by atoms with Gasteiger partial charge < -0.3 is 15.2 Å². The number of nitro benzene ring substituents is 1. The molecular weight excluding hydrogens is 330 g/mol. The van der Waals surface area contributed by atoms with Gasteiger partial charge >= 0.3 is 0 Å². The number of anilines is 1. The van der Waals surface area contributed by atoms with Crippen LogP contribution in [-0.4, -0.2) is 34.3 Å². The molecule has 2 amide bonds. The van der Waals surface area contributed by atoms with Gasteiger partial charge in [-0.3, -0.25) is 24.6 Å². The fourth-order valence-electron chi connectivity index (χ4n) is 2.54. The average Bonchev–Trinajstić information content (AvgIpc) is 2.84. The highest BCUT2D eigenvalue weighted by Gasteiger charge is 2.40. The van der Waals surface area contributed by atoms with E-state index in [4.69, 9.17) is 0 Å². The molecule has 0 saturated heterocycles.